The van der Waals surface area contributed by atoms with Gasteiger partial charge in [-0.1, -0.05) is 55.5 Å². The second-order valence-electron chi connectivity index (χ2n) is 4.81. The van der Waals surface area contributed by atoms with Gasteiger partial charge >= 0.3 is 0 Å². The van der Waals surface area contributed by atoms with Gasteiger partial charge in [-0.25, -0.2) is 4.98 Å². The SMILES string of the molecule is CCC(c1ccccc1)c1cnc(-c2ccccc2)o1. The summed E-state index contributed by atoms with van der Waals surface area (Å²) < 4.78 is 5.97. The van der Waals surface area contributed by atoms with Crippen molar-refractivity contribution in [1.29, 1.82) is 0 Å². The summed E-state index contributed by atoms with van der Waals surface area (Å²) in [6, 6.07) is 20.4. The maximum atomic E-state index is 5.97. The molecule has 0 radical (unpaired) electrons. The smallest absolute Gasteiger partial charge is 0.226 e. The average Bonchev–Trinajstić information content (AvgIpc) is 3.00. The molecule has 0 saturated carbocycles. The predicted molar refractivity (Wildman–Crippen MR) is 80.5 cm³/mol. The Morgan fingerprint density at radius 1 is 0.950 bits per heavy atom. The first-order valence-corrected chi connectivity index (χ1v) is 6.94. The van der Waals surface area contributed by atoms with Crippen LogP contribution >= 0.6 is 0 Å². The molecule has 0 spiro atoms. The van der Waals surface area contributed by atoms with Crippen LogP contribution in [0.5, 0.6) is 0 Å². The molecule has 0 amide bonds. The van der Waals surface area contributed by atoms with Crippen molar-refractivity contribution in [2.75, 3.05) is 0 Å². The van der Waals surface area contributed by atoms with Crippen LogP contribution in [0.15, 0.2) is 71.3 Å². The molecule has 2 nitrogen and oxygen atoms in total. The third-order valence-corrected chi connectivity index (χ3v) is 3.50. The second-order valence-corrected chi connectivity index (χ2v) is 4.81. The molecule has 0 aliphatic carbocycles. The van der Waals surface area contributed by atoms with E-state index in [-0.39, 0.29) is 5.92 Å². The summed E-state index contributed by atoms with van der Waals surface area (Å²) in [5.74, 6) is 1.88. The molecule has 0 aliphatic heterocycles. The molecule has 1 unspecified atom stereocenters. The quantitative estimate of drug-likeness (QED) is 0.670. The van der Waals surface area contributed by atoms with Crippen molar-refractivity contribution in [3.05, 3.63) is 78.2 Å². The molecule has 1 heterocycles. The first-order chi connectivity index (χ1) is 9.88. The summed E-state index contributed by atoms with van der Waals surface area (Å²) in [7, 11) is 0. The Morgan fingerprint density at radius 2 is 1.60 bits per heavy atom. The number of rotatable bonds is 4. The lowest BCUT2D eigenvalue weighted by Gasteiger charge is -2.11. The van der Waals surface area contributed by atoms with Crippen LogP contribution in [0.3, 0.4) is 0 Å². The monoisotopic (exact) mass is 263 g/mol. The average molecular weight is 263 g/mol. The van der Waals surface area contributed by atoms with Gasteiger partial charge in [0.2, 0.25) is 5.89 Å². The van der Waals surface area contributed by atoms with Gasteiger partial charge in [0.1, 0.15) is 5.76 Å². The van der Waals surface area contributed by atoms with Crippen molar-refractivity contribution in [2.24, 2.45) is 0 Å². The van der Waals surface area contributed by atoms with Crippen molar-refractivity contribution in [3.8, 4) is 11.5 Å². The van der Waals surface area contributed by atoms with E-state index in [1.165, 1.54) is 5.56 Å². The first-order valence-electron chi connectivity index (χ1n) is 6.94. The normalized spacial score (nSPS) is 12.2. The summed E-state index contributed by atoms with van der Waals surface area (Å²) >= 11 is 0. The van der Waals surface area contributed by atoms with E-state index in [2.05, 4.69) is 36.2 Å². The zero-order valence-electron chi connectivity index (χ0n) is 11.5. The lowest BCUT2D eigenvalue weighted by atomic mass is 9.95. The third-order valence-electron chi connectivity index (χ3n) is 3.50. The molecule has 0 bridgehead atoms. The highest BCUT2D eigenvalue weighted by Gasteiger charge is 2.17. The largest absolute Gasteiger partial charge is 0.441 e. The molecule has 2 aromatic carbocycles. The molecule has 1 aromatic heterocycles. The van der Waals surface area contributed by atoms with Gasteiger partial charge in [0.25, 0.3) is 0 Å². The standard InChI is InChI=1S/C18H17NO/c1-2-16(14-9-5-3-6-10-14)17-13-19-18(20-17)15-11-7-4-8-12-15/h3-13,16H,2H2,1H3. The summed E-state index contributed by atoms with van der Waals surface area (Å²) in [6.07, 6.45) is 2.84. The topological polar surface area (TPSA) is 26.0 Å². The molecule has 100 valence electrons. The fraction of sp³-hybridized carbons (Fsp3) is 0.167. The van der Waals surface area contributed by atoms with Crippen molar-refractivity contribution in [3.63, 3.8) is 0 Å². The lowest BCUT2D eigenvalue weighted by molar-refractivity contribution is 0.488. The molecule has 3 rings (SSSR count). The van der Waals surface area contributed by atoms with E-state index in [0.717, 1.165) is 17.7 Å². The van der Waals surface area contributed by atoms with Gasteiger partial charge in [0, 0.05) is 11.5 Å². The molecule has 0 fully saturated rings. The highest BCUT2D eigenvalue weighted by Crippen LogP contribution is 2.30. The van der Waals surface area contributed by atoms with E-state index in [4.69, 9.17) is 4.42 Å². The van der Waals surface area contributed by atoms with E-state index in [9.17, 15) is 0 Å². The van der Waals surface area contributed by atoms with Crippen molar-refractivity contribution in [1.82, 2.24) is 4.98 Å². The molecular formula is C18H17NO. The Hall–Kier alpha value is -2.35. The number of hydrogen-bond donors (Lipinski definition) is 0. The highest BCUT2D eigenvalue weighted by molar-refractivity contribution is 5.52. The number of oxazole rings is 1. The molecule has 3 aromatic rings. The van der Waals surface area contributed by atoms with Gasteiger partial charge in [-0.3, -0.25) is 0 Å². The van der Waals surface area contributed by atoms with E-state index >= 15 is 0 Å². The van der Waals surface area contributed by atoms with Crippen LogP contribution < -0.4 is 0 Å². The van der Waals surface area contributed by atoms with Crippen LogP contribution in [0.2, 0.25) is 0 Å². The Kier molecular flexibility index (Phi) is 3.64. The van der Waals surface area contributed by atoms with Crippen LogP contribution in [-0.2, 0) is 0 Å². The van der Waals surface area contributed by atoms with Gasteiger partial charge in [-0.05, 0) is 24.1 Å². The maximum absolute atomic E-state index is 5.97. The zero-order chi connectivity index (χ0) is 13.8. The minimum absolute atomic E-state index is 0.265. The molecule has 0 aliphatic rings. The first kappa shape index (κ1) is 12.7. The summed E-state index contributed by atoms with van der Waals surface area (Å²) in [5, 5.41) is 0. The fourth-order valence-electron chi connectivity index (χ4n) is 2.45. The number of benzene rings is 2. The Labute approximate surface area is 119 Å². The Bertz CT molecular complexity index is 658. The number of hydrogen-bond acceptors (Lipinski definition) is 2. The van der Waals surface area contributed by atoms with E-state index in [1.54, 1.807) is 0 Å². The summed E-state index contributed by atoms with van der Waals surface area (Å²) in [4.78, 5) is 4.41. The van der Waals surface area contributed by atoms with Gasteiger partial charge in [0.05, 0.1) is 6.20 Å². The fourth-order valence-corrected chi connectivity index (χ4v) is 2.45. The van der Waals surface area contributed by atoms with Crippen LogP contribution in [0.25, 0.3) is 11.5 Å². The molecule has 1 atom stereocenters. The van der Waals surface area contributed by atoms with Gasteiger partial charge in [-0.2, -0.15) is 0 Å². The van der Waals surface area contributed by atoms with E-state index in [0.29, 0.717) is 5.89 Å². The number of nitrogens with zero attached hydrogens (tertiary/aromatic N) is 1. The van der Waals surface area contributed by atoms with Gasteiger partial charge in [-0.15, -0.1) is 0 Å². The molecule has 0 saturated heterocycles. The van der Waals surface area contributed by atoms with Crippen LogP contribution in [0.1, 0.15) is 30.6 Å². The molecule has 0 N–H and O–H groups in total. The second kappa shape index (κ2) is 5.74. The minimum Gasteiger partial charge on any atom is -0.441 e. The molecular weight excluding hydrogens is 246 g/mol. The van der Waals surface area contributed by atoms with E-state index < -0.39 is 0 Å². The minimum atomic E-state index is 0.265. The summed E-state index contributed by atoms with van der Waals surface area (Å²) in [5.41, 5.74) is 2.28. The Morgan fingerprint density at radius 3 is 2.25 bits per heavy atom. The van der Waals surface area contributed by atoms with Gasteiger partial charge < -0.3 is 4.42 Å². The Balaban J connectivity index is 1.93. The highest BCUT2D eigenvalue weighted by atomic mass is 16.4. The van der Waals surface area contributed by atoms with Crippen molar-refractivity contribution < 1.29 is 4.42 Å². The summed E-state index contributed by atoms with van der Waals surface area (Å²) in [6.45, 7) is 2.17. The van der Waals surface area contributed by atoms with Crippen molar-refractivity contribution >= 4 is 0 Å². The van der Waals surface area contributed by atoms with Crippen LogP contribution in [0.4, 0.5) is 0 Å². The van der Waals surface area contributed by atoms with Crippen LogP contribution in [-0.4, -0.2) is 4.98 Å². The van der Waals surface area contributed by atoms with Crippen LogP contribution in [0, 0.1) is 0 Å². The number of aromatic nitrogens is 1. The maximum Gasteiger partial charge on any atom is 0.226 e. The van der Waals surface area contributed by atoms with Crippen molar-refractivity contribution in [2.45, 2.75) is 19.3 Å². The van der Waals surface area contributed by atoms with Gasteiger partial charge in [0.15, 0.2) is 0 Å². The van der Waals surface area contributed by atoms with E-state index in [1.807, 2.05) is 42.6 Å². The molecule has 20 heavy (non-hydrogen) atoms. The predicted octanol–water partition coefficient (Wildman–Crippen LogP) is 4.88. The zero-order valence-corrected chi connectivity index (χ0v) is 11.5. The molecule has 2 heteroatoms. The third kappa shape index (κ3) is 2.50. The lowest BCUT2D eigenvalue weighted by Crippen LogP contribution is -1.97.